The number of nitro benzene ring substituents is 1. The SMILES string of the molecule is C[C@H](O[C@@H]1C[C@@H](Cc2ccc([N+](=O)[O-])cc2)CO1)c1ccccc1. The molecular weight excluding hydrogens is 306 g/mol. The van der Waals surface area contributed by atoms with Gasteiger partial charge in [-0.3, -0.25) is 10.1 Å². The quantitative estimate of drug-likeness (QED) is 0.587. The van der Waals surface area contributed by atoms with E-state index in [4.69, 9.17) is 9.47 Å². The number of nitrogens with zero attached hydrogens (tertiary/aromatic N) is 1. The summed E-state index contributed by atoms with van der Waals surface area (Å²) < 4.78 is 11.8. The topological polar surface area (TPSA) is 61.6 Å². The van der Waals surface area contributed by atoms with Crippen molar-refractivity contribution in [3.63, 3.8) is 0 Å². The molecule has 2 aromatic rings. The molecule has 24 heavy (non-hydrogen) atoms. The molecule has 0 unspecified atom stereocenters. The molecule has 5 nitrogen and oxygen atoms in total. The highest BCUT2D eigenvalue weighted by Crippen LogP contribution is 2.29. The lowest BCUT2D eigenvalue weighted by Gasteiger charge is -2.18. The summed E-state index contributed by atoms with van der Waals surface area (Å²) in [6, 6.07) is 16.8. The van der Waals surface area contributed by atoms with Crippen LogP contribution in [0, 0.1) is 16.0 Å². The monoisotopic (exact) mass is 327 g/mol. The van der Waals surface area contributed by atoms with Gasteiger partial charge in [-0.1, -0.05) is 42.5 Å². The smallest absolute Gasteiger partial charge is 0.269 e. The molecule has 3 rings (SSSR count). The first-order chi connectivity index (χ1) is 11.6. The lowest BCUT2D eigenvalue weighted by molar-refractivity contribution is -0.384. The second-order valence-corrected chi connectivity index (χ2v) is 6.18. The van der Waals surface area contributed by atoms with Gasteiger partial charge in [0.15, 0.2) is 6.29 Å². The molecular formula is C19H21NO4. The fourth-order valence-corrected chi connectivity index (χ4v) is 3.01. The van der Waals surface area contributed by atoms with Gasteiger partial charge >= 0.3 is 0 Å². The summed E-state index contributed by atoms with van der Waals surface area (Å²) in [6.07, 6.45) is 1.49. The summed E-state index contributed by atoms with van der Waals surface area (Å²) in [4.78, 5) is 10.3. The van der Waals surface area contributed by atoms with E-state index >= 15 is 0 Å². The van der Waals surface area contributed by atoms with Crippen molar-refractivity contribution in [1.29, 1.82) is 0 Å². The Bertz CT molecular complexity index is 672. The fraction of sp³-hybridized carbons (Fsp3) is 0.368. The minimum Gasteiger partial charge on any atom is -0.352 e. The number of ether oxygens (including phenoxy) is 2. The van der Waals surface area contributed by atoms with Crippen LogP contribution in [0.5, 0.6) is 0 Å². The molecule has 0 radical (unpaired) electrons. The van der Waals surface area contributed by atoms with Gasteiger partial charge in [0.05, 0.1) is 17.6 Å². The van der Waals surface area contributed by atoms with Crippen LogP contribution in [0.2, 0.25) is 0 Å². The van der Waals surface area contributed by atoms with Gasteiger partial charge in [-0.25, -0.2) is 0 Å². The van der Waals surface area contributed by atoms with Crippen molar-refractivity contribution in [2.75, 3.05) is 6.61 Å². The van der Waals surface area contributed by atoms with Crippen LogP contribution < -0.4 is 0 Å². The highest BCUT2D eigenvalue weighted by Gasteiger charge is 2.28. The summed E-state index contributed by atoms with van der Waals surface area (Å²) in [7, 11) is 0. The maximum Gasteiger partial charge on any atom is 0.269 e. The number of non-ortho nitro benzene ring substituents is 1. The Morgan fingerprint density at radius 3 is 2.58 bits per heavy atom. The van der Waals surface area contributed by atoms with Crippen molar-refractivity contribution in [1.82, 2.24) is 0 Å². The van der Waals surface area contributed by atoms with E-state index < -0.39 is 0 Å². The largest absolute Gasteiger partial charge is 0.352 e. The first-order valence-electron chi connectivity index (χ1n) is 8.17. The maximum atomic E-state index is 10.7. The Hall–Kier alpha value is -2.24. The Labute approximate surface area is 141 Å². The van der Waals surface area contributed by atoms with Crippen LogP contribution >= 0.6 is 0 Å². The molecule has 0 amide bonds. The maximum absolute atomic E-state index is 10.7. The highest BCUT2D eigenvalue weighted by molar-refractivity contribution is 5.33. The van der Waals surface area contributed by atoms with Gasteiger partial charge in [-0.2, -0.15) is 0 Å². The van der Waals surface area contributed by atoms with Crippen LogP contribution in [-0.4, -0.2) is 17.8 Å². The van der Waals surface area contributed by atoms with E-state index in [1.165, 1.54) is 0 Å². The third-order valence-corrected chi connectivity index (χ3v) is 4.34. The average Bonchev–Trinajstić information content (AvgIpc) is 3.03. The molecule has 0 N–H and O–H groups in total. The van der Waals surface area contributed by atoms with Gasteiger partial charge in [0.25, 0.3) is 5.69 Å². The fourth-order valence-electron chi connectivity index (χ4n) is 3.01. The zero-order valence-corrected chi connectivity index (χ0v) is 13.6. The molecule has 126 valence electrons. The van der Waals surface area contributed by atoms with Crippen molar-refractivity contribution in [2.45, 2.75) is 32.2 Å². The molecule has 1 saturated heterocycles. The van der Waals surface area contributed by atoms with Crippen molar-refractivity contribution in [3.05, 3.63) is 75.8 Å². The lowest BCUT2D eigenvalue weighted by atomic mass is 9.98. The number of hydrogen-bond acceptors (Lipinski definition) is 4. The van der Waals surface area contributed by atoms with Crippen molar-refractivity contribution in [3.8, 4) is 0 Å². The van der Waals surface area contributed by atoms with Gasteiger partial charge in [0.1, 0.15) is 0 Å². The van der Waals surface area contributed by atoms with E-state index in [1.807, 2.05) is 49.4 Å². The summed E-state index contributed by atoms with van der Waals surface area (Å²) in [5, 5.41) is 10.7. The van der Waals surface area contributed by atoms with Crippen LogP contribution in [0.25, 0.3) is 0 Å². The normalized spacial score (nSPS) is 21.5. The summed E-state index contributed by atoms with van der Waals surface area (Å²) in [6.45, 7) is 2.69. The highest BCUT2D eigenvalue weighted by atomic mass is 16.7. The predicted octanol–water partition coefficient (Wildman–Crippen LogP) is 4.28. The first kappa shape index (κ1) is 16.6. The third kappa shape index (κ3) is 4.19. The molecule has 5 heteroatoms. The Morgan fingerprint density at radius 2 is 1.92 bits per heavy atom. The van der Waals surface area contributed by atoms with E-state index in [9.17, 15) is 10.1 Å². The van der Waals surface area contributed by atoms with E-state index in [0.717, 1.165) is 24.0 Å². The van der Waals surface area contributed by atoms with E-state index in [0.29, 0.717) is 12.5 Å². The Morgan fingerprint density at radius 1 is 1.21 bits per heavy atom. The van der Waals surface area contributed by atoms with Crippen LogP contribution in [0.15, 0.2) is 54.6 Å². The van der Waals surface area contributed by atoms with Crippen molar-refractivity contribution in [2.24, 2.45) is 5.92 Å². The van der Waals surface area contributed by atoms with Crippen LogP contribution in [0.4, 0.5) is 5.69 Å². The second-order valence-electron chi connectivity index (χ2n) is 6.18. The van der Waals surface area contributed by atoms with Crippen molar-refractivity contribution < 1.29 is 14.4 Å². The molecule has 0 aromatic heterocycles. The number of nitro groups is 1. The van der Waals surface area contributed by atoms with Gasteiger partial charge < -0.3 is 9.47 Å². The summed E-state index contributed by atoms with van der Waals surface area (Å²) in [5.41, 5.74) is 2.35. The average molecular weight is 327 g/mol. The number of hydrogen-bond donors (Lipinski definition) is 0. The number of benzene rings is 2. The van der Waals surface area contributed by atoms with Crippen LogP contribution in [-0.2, 0) is 15.9 Å². The minimum absolute atomic E-state index is 0.00525. The zero-order chi connectivity index (χ0) is 16.9. The molecule has 0 bridgehead atoms. The first-order valence-corrected chi connectivity index (χ1v) is 8.17. The predicted molar refractivity (Wildman–Crippen MR) is 90.6 cm³/mol. The van der Waals surface area contributed by atoms with Crippen LogP contribution in [0.3, 0.4) is 0 Å². The van der Waals surface area contributed by atoms with E-state index in [1.54, 1.807) is 12.1 Å². The molecule has 1 aliphatic rings. The lowest BCUT2D eigenvalue weighted by Crippen LogP contribution is -2.14. The van der Waals surface area contributed by atoms with Gasteiger partial charge in [-0.15, -0.1) is 0 Å². The molecule has 0 spiro atoms. The van der Waals surface area contributed by atoms with E-state index in [2.05, 4.69) is 0 Å². The summed E-state index contributed by atoms with van der Waals surface area (Å²) in [5.74, 6) is 0.374. The van der Waals surface area contributed by atoms with Crippen LogP contribution in [0.1, 0.15) is 30.6 Å². The summed E-state index contributed by atoms with van der Waals surface area (Å²) >= 11 is 0. The van der Waals surface area contributed by atoms with Gasteiger partial charge in [-0.05, 0) is 30.4 Å². The molecule has 2 aromatic carbocycles. The Balaban J connectivity index is 1.51. The molecule has 1 heterocycles. The van der Waals surface area contributed by atoms with Gasteiger partial charge in [0, 0.05) is 18.6 Å². The molecule has 3 atom stereocenters. The number of rotatable bonds is 6. The third-order valence-electron chi connectivity index (χ3n) is 4.34. The second kappa shape index (κ2) is 7.55. The Kier molecular flexibility index (Phi) is 5.23. The molecule has 1 aliphatic heterocycles. The minimum atomic E-state index is -0.378. The van der Waals surface area contributed by atoms with Gasteiger partial charge in [0.2, 0.25) is 0 Å². The van der Waals surface area contributed by atoms with Crippen molar-refractivity contribution >= 4 is 5.69 Å². The molecule has 0 saturated carbocycles. The van der Waals surface area contributed by atoms with E-state index in [-0.39, 0.29) is 23.0 Å². The standard InChI is InChI=1S/C19H21NO4/c1-14(17-5-3-2-4-6-17)24-19-12-16(13-23-19)11-15-7-9-18(10-8-15)20(21)22/h2-10,14,16,19H,11-13H2,1H3/t14-,16+,19+/m0/s1. The molecule has 0 aliphatic carbocycles. The molecule has 1 fully saturated rings. The zero-order valence-electron chi connectivity index (χ0n) is 13.6.